The monoisotopic (exact) mass is 513 g/mol. The number of aliphatic hydroxyl groups excluding tert-OH is 1. The van der Waals surface area contributed by atoms with Crippen LogP contribution in [0.1, 0.15) is 17.0 Å². The van der Waals surface area contributed by atoms with Crippen LogP contribution in [0.2, 0.25) is 0 Å². The number of piperazine rings is 1. The van der Waals surface area contributed by atoms with Gasteiger partial charge in [0.2, 0.25) is 5.91 Å². The normalized spacial score (nSPS) is 15.1. The first-order chi connectivity index (χ1) is 18.5. The number of nitrogens with zero attached hydrogens (tertiary/aromatic N) is 3. The number of carbonyl (C=O) groups is 1. The van der Waals surface area contributed by atoms with Crippen LogP contribution in [-0.4, -0.2) is 81.4 Å². The quantitative estimate of drug-likeness (QED) is 0.332. The number of aliphatic hydroxyl groups is 1. The van der Waals surface area contributed by atoms with E-state index < -0.39 is 12.0 Å². The fraction of sp³-hybridized carbons (Fsp3) is 0.267. The molecule has 1 fully saturated rings. The summed E-state index contributed by atoms with van der Waals surface area (Å²) in [5.74, 6) is 0.392. The minimum absolute atomic E-state index is 0.0329. The third-order valence-corrected chi connectivity index (χ3v) is 6.89. The Labute approximate surface area is 221 Å². The smallest absolute Gasteiger partial charge is 0.234 e. The molecule has 0 bridgehead atoms. The summed E-state index contributed by atoms with van der Waals surface area (Å²) in [6, 6.07) is 22.8. The summed E-state index contributed by atoms with van der Waals surface area (Å²) in [7, 11) is 0. The molecule has 8 nitrogen and oxygen atoms in total. The van der Waals surface area contributed by atoms with E-state index in [2.05, 4.69) is 9.88 Å². The van der Waals surface area contributed by atoms with E-state index in [-0.39, 0.29) is 24.0 Å². The van der Waals surface area contributed by atoms with E-state index in [1.165, 1.54) is 0 Å². The summed E-state index contributed by atoms with van der Waals surface area (Å²) in [6.07, 6.45) is 1.06. The summed E-state index contributed by atoms with van der Waals surface area (Å²) in [5.41, 5.74) is 2.40. The number of amides is 1. The van der Waals surface area contributed by atoms with Crippen LogP contribution in [0.4, 0.5) is 0 Å². The first-order valence-corrected chi connectivity index (χ1v) is 12.7. The zero-order valence-corrected chi connectivity index (χ0v) is 21.0. The molecular weight excluding hydrogens is 482 g/mol. The zero-order valence-electron chi connectivity index (χ0n) is 21.0. The summed E-state index contributed by atoms with van der Waals surface area (Å²) < 4.78 is 5.91. The lowest BCUT2D eigenvalue weighted by Crippen LogP contribution is -2.52. The standard InChI is InChI=1S/C30H31N3O5/c34-23-10-6-21(7-11-23)29(22-8-12-24(35)13-9-22)30(37)33-17-15-32(16-18-33)19-25(36)20-38-28-5-1-4-27-26(28)3-2-14-31-27/h1-14,25,29,34-36H,15-20H2. The second kappa shape index (κ2) is 11.5. The first kappa shape index (κ1) is 25.5. The Kier molecular flexibility index (Phi) is 7.72. The third kappa shape index (κ3) is 5.88. The van der Waals surface area contributed by atoms with Crippen molar-refractivity contribution < 1.29 is 24.9 Å². The Bertz CT molecular complexity index is 1320. The Morgan fingerprint density at radius 3 is 2.11 bits per heavy atom. The molecule has 5 rings (SSSR count). The van der Waals surface area contributed by atoms with Gasteiger partial charge in [0.1, 0.15) is 30.0 Å². The number of carbonyl (C=O) groups excluding carboxylic acids is 1. The maximum absolute atomic E-state index is 13.7. The predicted molar refractivity (Wildman–Crippen MR) is 144 cm³/mol. The van der Waals surface area contributed by atoms with E-state index >= 15 is 0 Å². The molecule has 0 aliphatic carbocycles. The highest BCUT2D eigenvalue weighted by atomic mass is 16.5. The van der Waals surface area contributed by atoms with Crippen molar-refractivity contribution in [2.45, 2.75) is 12.0 Å². The van der Waals surface area contributed by atoms with Crippen LogP contribution in [-0.2, 0) is 4.79 Å². The van der Waals surface area contributed by atoms with E-state index in [4.69, 9.17) is 4.74 Å². The highest BCUT2D eigenvalue weighted by Gasteiger charge is 2.30. The van der Waals surface area contributed by atoms with Gasteiger partial charge in [0, 0.05) is 44.3 Å². The highest BCUT2D eigenvalue weighted by molar-refractivity contribution is 5.87. The van der Waals surface area contributed by atoms with Gasteiger partial charge in [-0.2, -0.15) is 0 Å². The number of benzene rings is 3. The van der Waals surface area contributed by atoms with Crippen molar-refractivity contribution >= 4 is 16.8 Å². The van der Waals surface area contributed by atoms with Gasteiger partial charge in [-0.05, 0) is 59.7 Å². The van der Waals surface area contributed by atoms with Gasteiger partial charge in [-0.1, -0.05) is 30.3 Å². The van der Waals surface area contributed by atoms with Gasteiger partial charge in [0.25, 0.3) is 0 Å². The molecule has 1 aliphatic heterocycles. The molecule has 1 saturated heterocycles. The molecule has 1 atom stereocenters. The van der Waals surface area contributed by atoms with Crippen molar-refractivity contribution in [2.75, 3.05) is 39.3 Å². The number of phenols is 2. The highest BCUT2D eigenvalue weighted by Crippen LogP contribution is 2.30. The van der Waals surface area contributed by atoms with E-state index in [9.17, 15) is 20.1 Å². The molecule has 1 amide bonds. The van der Waals surface area contributed by atoms with Crippen molar-refractivity contribution in [2.24, 2.45) is 0 Å². The topological polar surface area (TPSA) is 106 Å². The lowest BCUT2D eigenvalue weighted by molar-refractivity contribution is -0.133. The largest absolute Gasteiger partial charge is 0.508 e. The van der Waals surface area contributed by atoms with Gasteiger partial charge in [-0.3, -0.25) is 14.7 Å². The predicted octanol–water partition coefficient (Wildman–Crippen LogP) is 3.36. The molecule has 0 radical (unpaired) electrons. The molecule has 196 valence electrons. The molecule has 0 spiro atoms. The lowest BCUT2D eigenvalue weighted by Gasteiger charge is -2.37. The maximum atomic E-state index is 13.7. The van der Waals surface area contributed by atoms with Crippen LogP contribution in [0.15, 0.2) is 85.1 Å². The van der Waals surface area contributed by atoms with Gasteiger partial charge in [-0.15, -0.1) is 0 Å². The Hall–Kier alpha value is -4.14. The molecule has 3 aromatic carbocycles. The van der Waals surface area contributed by atoms with Crippen LogP contribution >= 0.6 is 0 Å². The summed E-state index contributed by atoms with van der Waals surface area (Å²) in [4.78, 5) is 22.0. The fourth-order valence-corrected chi connectivity index (χ4v) is 4.88. The van der Waals surface area contributed by atoms with Gasteiger partial charge < -0.3 is 25.0 Å². The second-order valence-corrected chi connectivity index (χ2v) is 9.53. The van der Waals surface area contributed by atoms with Crippen LogP contribution in [0.3, 0.4) is 0 Å². The maximum Gasteiger partial charge on any atom is 0.234 e. The van der Waals surface area contributed by atoms with E-state index in [1.54, 1.807) is 54.7 Å². The number of aromatic nitrogens is 1. The van der Waals surface area contributed by atoms with Crippen molar-refractivity contribution in [1.29, 1.82) is 0 Å². The number of hydrogen-bond acceptors (Lipinski definition) is 7. The summed E-state index contributed by atoms with van der Waals surface area (Å²) in [6.45, 7) is 2.96. The molecule has 1 aliphatic rings. The number of β-amino-alcohol motifs (C(OH)–C–C–N with tert-alkyl or cyclic N) is 1. The number of pyridine rings is 1. The summed E-state index contributed by atoms with van der Waals surface area (Å²) in [5, 5.41) is 31.0. The third-order valence-electron chi connectivity index (χ3n) is 6.89. The minimum atomic E-state index is -0.675. The second-order valence-electron chi connectivity index (χ2n) is 9.53. The van der Waals surface area contributed by atoms with Gasteiger partial charge in [-0.25, -0.2) is 0 Å². The molecular formula is C30H31N3O5. The van der Waals surface area contributed by atoms with E-state index in [0.717, 1.165) is 22.0 Å². The van der Waals surface area contributed by atoms with Crippen molar-refractivity contribution in [3.05, 3.63) is 96.2 Å². The van der Waals surface area contributed by atoms with Gasteiger partial charge in [0.15, 0.2) is 0 Å². The van der Waals surface area contributed by atoms with Crippen LogP contribution < -0.4 is 4.74 Å². The molecule has 8 heteroatoms. The number of aromatic hydroxyl groups is 2. The molecule has 4 aromatic rings. The Balaban J connectivity index is 1.18. The van der Waals surface area contributed by atoms with Crippen LogP contribution in [0.25, 0.3) is 10.9 Å². The molecule has 1 aromatic heterocycles. The van der Waals surface area contributed by atoms with Crippen LogP contribution in [0, 0.1) is 0 Å². The zero-order chi connectivity index (χ0) is 26.5. The minimum Gasteiger partial charge on any atom is -0.508 e. The lowest BCUT2D eigenvalue weighted by atomic mass is 9.89. The molecule has 38 heavy (non-hydrogen) atoms. The van der Waals surface area contributed by atoms with Crippen molar-refractivity contribution in [1.82, 2.24) is 14.8 Å². The number of fused-ring (bicyclic) bond motifs is 1. The molecule has 3 N–H and O–H groups in total. The number of rotatable bonds is 8. The van der Waals surface area contributed by atoms with Gasteiger partial charge in [0.05, 0.1) is 11.4 Å². The molecule has 0 saturated carbocycles. The Morgan fingerprint density at radius 1 is 0.842 bits per heavy atom. The molecule has 2 heterocycles. The SMILES string of the molecule is O=C(C(c1ccc(O)cc1)c1ccc(O)cc1)N1CCN(CC(O)COc2cccc3ncccc23)CC1. The van der Waals surface area contributed by atoms with Gasteiger partial charge >= 0.3 is 0 Å². The van der Waals surface area contributed by atoms with Crippen molar-refractivity contribution in [3.63, 3.8) is 0 Å². The average molecular weight is 514 g/mol. The Morgan fingerprint density at radius 2 is 1.47 bits per heavy atom. The number of hydrogen-bond donors (Lipinski definition) is 3. The summed E-state index contributed by atoms with van der Waals surface area (Å²) >= 11 is 0. The number of ether oxygens (including phenoxy) is 1. The average Bonchev–Trinajstić information content (AvgIpc) is 2.94. The molecule has 1 unspecified atom stereocenters. The van der Waals surface area contributed by atoms with Crippen molar-refractivity contribution in [3.8, 4) is 17.2 Å². The van der Waals surface area contributed by atoms with E-state index in [0.29, 0.717) is 38.5 Å². The van der Waals surface area contributed by atoms with E-state index in [1.807, 2.05) is 35.2 Å². The fourth-order valence-electron chi connectivity index (χ4n) is 4.88. The van der Waals surface area contributed by atoms with Crippen LogP contribution in [0.5, 0.6) is 17.2 Å². The first-order valence-electron chi connectivity index (χ1n) is 12.7. The number of phenolic OH excluding ortho intramolecular Hbond substituents is 2.